The van der Waals surface area contributed by atoms with E-state index >= 15 is 0 Å². The Morgan fingerprint density at radius 2 is 1.81 bits per heavy atom. The van der Waals surface area contributed by atoms with Crippen molar-refractivity contribution in [3.8, 4) is 0 Å². The Kier molecular flexibility index (Phi) is 4.59. The van der Waals surface area contributed by atoms with Crippen LogP contribution in [0.2, 0.25) is 0 Å². The summed E-state index contributed by atoms with van der Waals surface area (Å²) in [7, 11) is 0. The lowest BCUT2D eigenvalue weighted by Gasteiger charge is -2.25. The van der Waals surface area contributed by atoms with Gasteiger partial charge in [-0.3, -0.25) is 0 Å². The first-order chi connectivity index (χ1) is 9.78. The number of hydrogen-bond donors (Lipinski definition) is 0. The highest BCUT2D eigenvalue weighted by molar-refractivity contribution is 5.82. The maximum absolute atomic E-state index is 12.1. The minimum Gasteiger partial charge on any atom is -0.463 e. The fraction of sp³-hybridized carbons (Fsp3) is 0.750. The fourth-order valence-electron chi connectivity index (χ4n) is 3.10. The second-order valence-corrected chi connectivity index (χ2v) is 6.87. The van der Waals surface area contributed by atoms with Crippen LogP contribution in [0, 0.1) is 11.8 Å². The van der Waals surface area contributed by atoms with E-state index in [1.54, 1.807) is 17.9 Å². The molecular formula is C16H25NO4. The summed E-state index contributed by atoms with van der Waals surface area (Å²) < 4.78 is 10.3. The first-order valence-corrected chi connectivity index (χ1v) is 7.62. The summed E-state index contributed by atoms with van der Waals surface area (Å²) in [5.74, 6) is 0.632. The molecule has 0 N–H and O–H groups in total. The number of likely N-dealkylation sites (tertiary alicyclic amines) is 1. The lowest BCUT2D eigenvalue weighted by molar-refractivity contribution is -0.137. The molecule has 5 heteroatoms. The first kappa shape index (κ1) is 15.9. The highest BCUT2D eigenvalue weighted by Gasteiger charge is 2.41. The highest BCUT2D eigenvalue weighted by Crippen LogP contribution is 2.41. The molecule has 118 valence electrons. The van der Waals surface area contributed by atoms with Crippen LogP contribution in [0.3, 0.4) is 0 Å². The van der Waals surface area contributed by atoms with Crippen molar-refractivity contribution in [2.75, 3.05) is 19.7 Å². The van der Waals surface area contributed by atoms with Crippen molar-refractivity contribution in [2.45, 2.75) is 46.1 Å². The van der Waals surface area contributed by atoms with Gasteiger partial charge in [-0.05, 0) is 52.4 Å². The van der Waals surface area contributed by atoms with Gasteiger partial charge in [0.2, 0.25) is 0 Å². The van der Waals surface area contributed by atoms with Crippen LogP contribution in [-0.2, 0) is 14.3 Å². The van der Waals surface area contributed by atoms with Crippen LogP contribution < -0.4 is 0 Å². The fourth-order valence-corrected chi connectivity index (χ4v) is 3.10. The van der Waals surface area contributed by atoms with Gasteiger partial charge < -0.3 is 14.4 Å². The van der Waals surface area contributed by atoms with Gasteiger partial charge in [-0.25, -0.2) is 9.59 Å². The molecule has 1 aliphatic heterocycles. The molecule has 1 heterocycles. The number of nitrogens with zero attached hydrogens (tertiary/aromatic N) is 1. The van der Waals surface area contributed by atoms with Crippen molar-refractivity contribution < 1.29 is 19.1 Å². The molecule has 0 aromatic carbocycles. The third-order valence-electron chi connectivity index (χ3n) is 3.89. The Morgan fingerprint density at radius 3 is 2.29 bits per heavy atom. The normalized spacial score (nSPS) is 26.9. The Hall–Kier alpha value is -1.52. The summed E-state index contributed by atoms with van der Waals surface area (Å²) in [6.07, 6.45) is 3.15. The van der Waals surface area contributed by atoms with Crippen molar-refractivity contribution in [3.63, 3.8) is 0 Å². The minimum atomic E-state index is -0.455. The topological polar surface area (TPSA) is 55.8 Å². The summed E-state index contributed by atoms with van der Waals surface area (Å²) in [4.78, 5) is 25.3. The molecule has 2 aliphatic rings. The average Bonchev–Trinajstić information content (AvgIpc) is 2.84. The van der Waals surface area contributed by atoms with Gasteiger partial charge in [-0.1, -0.05) is 5.57 Å². The van der Waals surface area contributed by atoms with E-state index in [2.05, 4.69) is 0 Å². The second-order valence-electron chi connectivity index (χ2n) is 6.87. The summed E-state index contributed by atoms with van der Waals surface area (Å²) in [5, 5.41) is 0. The Bertz CT molecular complexity index is 434. The highest BCUT2D eigenvalue weighted by atomic mass is 16.6. The Balaban J connectivity index is 1.87. The number of esters is 1. The monoisotopic (exact) mass is 295 g/mol. The molecule has 2 atom stereocenters. The van der Waals surface area contributed by atoms with Gasteiger partial charge in [0.1, 0.15) is 5.60 Å². The molecule has 1 amide bonds. The van der Waals surface area contributed by atoms with Gasteiger partial charge in [0.05, 0.1) is 6.61 Å². The molecule has 2 rings (SSSR count). The van der Waals surface area contributed by atoms with Crippen molar-refractivity contribution in [1.29, 1.82) is 0 Å². The maximum atomic E-state index is 12.1. The maximum Gasteiger partial charge on any atom is 0.410 e. The number of amides is 1. The van der Waals surface area contributed by atoms with Gasteiger partial charge in [0.25, 0.3) is 0 Å². The number of allylic oxidation sites excluding steroid dienone is 1. The molecule has 1 saturated carbocycles. The summed E-state index contributed by atoms with van der Waals surface area (Å²) in [6.45, 7) is 9.28. The van der Waals surface area contributed by atoms with Crippen molar-refractivity contribution in [2.24, 2.45) is 11.8 Å². The van der Waals surface area contributed by atoms with E-state index in [0.717, 1.165) is 31.5 Å². The molecular weight excluding hydrogens is 270 g/mol. The second kappa shape index (κ2) is 6.08. The zero-order valence-electron chi connectivity index (χ0n) is 13.3. The van der Waals surface area contributed by atoms with Gasteiger partial charge in [-0.2, -0.15) is 0 Å². The largest absolute Gasteiger partial charge is 0.463 e. The lowest BCUT2D eigenvalue weighted by Crippen LogP contribution is -2.35. The van der Waals surface area contributed by atoms with Crippen molar-refractivity contribution in [1.82, 2.24) is 4.90 Å². The van der Waals surface area contributed by atoms with Crippen molar-refractivity contribution >= 4 is 12.1 Å². The molecule has 1 saturated heterocycles. The number of carbonyl (C=O) groups excluding carboxylic acids is 2. The van der Waals surface area contributed by atoms with E-state index in [4.69, 9.17) is 9.47 Å². The standard InChI is InChI=1S/C16H25NO4/c1-5-20-14(18)8-11-6-12-9-17(10-13(12)7-11)15(19)21-16(2,3)4/h8,12-13H,5-7,9-10H2,1-4H3/b11-8-/t12-,13+/m1/s1. The molecule has 2 fully saturated rings. The van der Waals surface area contributed by atoms with Gasteiger partial charge in [0, 0.05) is 19.2 Å². The Labute approximate surface area is 126 Å². The minimum absolute atomic E-state index is 0.229. The average molecular weight is 295 g/mol. The summed E-state index contributed by atoms with van der Waals surface area (Å²) in [5.41, 5.74) is 0.691. The van der Waals surface area contributed by atoms with Gasteiger partial charge in [0.15, 0.2) is 0 Å². The summed E-state index contributed by atoms with van der Waals surface area (Å²) in [6, 6.07) is 0. The third kappa shape index (κ3) is 4.22. The van der Waals surface area contributed by atoms with E-state index in [1.165, 1.54) is 0 Å². The predicted octanol–water partition coefficient (Wildman–Crippen LogP) is 2.75. The smallest absolute Gasteiger partial charge is 0.410 e. The number of hydrogen-bond acceptors (Lipinski definition) is 4. The van der Waals surface area contributed by atoms with Crippen LogP contribution in [-0.4, -0.2) is 42.3 Å². The molecule has 0 radical (unpaired) electrons. The third-order valence-corrected chi connectivity index (χ3v) is 3.89. The first-order valence-electron chi connectivity index (χ1n) is 7.62. The molecule has 0 unspecified atom stereocenters. The molecule has 5 nitrogen and oxygen atoms in total. The van der Waals surface area contributed by atoms with E-state index in [9.17, 15) is 9.59 Å². The van der Waals surface area contributed by atoms with Crippen LogP contribution in [0.5, 0.6) is 0 Å². The van der Waals surface area contributed by atoms with E-state index < -0.39 is 5.60 Å². The van der Waals surface area contributed by atoms with Gasteiger partial charge >= 0.3 is 12.1 Å². The SMILES string of the molecule is CCOC(=O)/C=C1/C[C@@H]2CN(C(=O)OC(C)(C)C)C[C@@H]2C1. The van der Waals surface area contributed by atoms with Crippen LogP contribution in [0.4, 0.5) is 4.79 Å². The number of ether oxygens (including phenoxy) is 2. The van der Waals surface area contributed by atoms with Crippen molar-refractivity contribution in [3.05, 3.63) is 11.6 Å². The number of fused-ring (bicyclic) bond motifs is 1. The molecule has 0 bridgehead atoms. The van der Waals surface area contributed by atoms with Crippen LogP contribution in [0.1, 0.15) is 40.5 Å². The summed E-state index contributed by atoms with van der Waals surface area (Å²) >= 11 is 0. The quantitative estimate of drug-likeness (QED) is 0.580. The molecule has 0 aromatic heterocycles. The van der Waals surface area contributed by atoms with E-state index in [1.807, 2.05) is 20.8 Å². The Morgan fingerprint density at radius 1 is 1.24 bits per heavy atom. The molecule has 1 aliphatic carbocycles. The number of rotatable bonds is 2. The van der Waals surface area contributed by atoms with Crippen LogP contribution >= 0.6 is 0 Å². The van der Waals surface area contributed by atoms with E-state index in [0.29, 0.717) is 18.4 Å². The molecule has 0 spiro atoms. The van der Waals surface area contributed by atoms with Crippen LogP contribution in [0.15, 0.2) is 11.6 Å². The van der Waals surface area contributed by atoms with Crippen LogP contribution in [0.25, 0.3) is 0 Å². The van der Waals surface area contributed by atoms with E-state index in [-0.39, 0.29) is 12.1 Å². The zero-order valence-corrected chi connectivity index (χ0v) is 13.3. The number of carbonyl (C=O) groups is 2. The lowest BCUT2D eigenvalue weighted by atomic mass is 10.0. The molecule has 0 aromatic rings. The zero-order chi connectivity index (χ0) is 15.6. The predicted molar refractivity (Wildman–Crippen MR) is 78.7 cm³/mol. The molecule has 21 heavy (non-hydrogen) atoms. The van der Waals surface area contributed by atoms with Gasteiger partial charge in [-0.15, -0.1) is 0 Å².